The third-order valence-corrected chi connectivity index (χ3v) is 3.80. The largest absolute Gasteiger partial charge is 0.355 e. The van der Waals surface area contributed by atoms with Crippen molar-refractivity contribution in [2.45, 2.75) is 11.8 Å². The Bertz CT molecular complexity index is 540. The summed E-state index contributed by atoms with van der Waals surface area (Å²) in [7, 11) is 2.73. The summed E-state index contributed by atoms with van der Waals surface area (Å²) in [6.45, 7) is 1.62. The number of nitrogens with one attached hydrogen (secondary N) is 1. The highest BCUT2D eigenvalue weighted by Gasteiger charge is 2.17. The van der Waals surface area contributed by atoms with Crippen LogP contribution >= 0.6 is 22.3 Å². The van der Waals surface area contributed by atoms with E-state index in [1.807, 2.05) is 0 Å². The molecule has 0 aliphatic heterocycles. The molecule has 1 amide bonds. The van der Waals surface area contributed by atoms with Crippen LogP contribution in [-0.4, -0.2) is 21.4 Å². The lowest BCUT2D eigenvalue weighted by Crippen LogP contribution is -2.19. The number of hydrogen-bond donors (Lipinski definition) is 1. The van der Waals surface area contributed by atoms with E-state index >= 15 is 0 Å². The van der Waals surface area contributed by atoms with Crippen molar-refractivity contribution < 1.29 is 13.2 Å². The molecule has 0 radical (unpaired) electrons. The molecule has 0 atom stereocenters. The van der Waals surface area contributed by atoms with Gasteiger partial charge in [-0.25, -0.2) is 8.42 Å². The summed E-state index contributed by atoms with van der Waals surface area (Å²) in [5.74, 6) is -0.415. The Labute approximate surface area is 103 Å². The molecule has 1 N–H and O–H groups in total. The van der Waals surface area contributed by atoms with Gasteiger partial charge >= 0.3 is 0 Å². The summed E-state index contributed by atoms with van der Waals surface area (Å²) in [4.78, 5) is 11.3. The van der Waals surface area contributed by atoms with Crippen LogP contribution in [0.15, 0.2) is 17.0 Å². The number of amides is 1. The van der Waals surface area contributed by atoms with Crippen LogP contribution in [0.25, 0.3) is 0 Å². The van der Waals surface area contributed by atoms with E-state index in [-0.39, 0.29) is 15.5 Å². The Kier molecular flexibility index (Phi) is 3.83. The second-order valence-electron chi connectivity index (χ2n) is 3.09. The number of hydrogen-bond acceptors (Lipinski definition) is 3. The first kappa shape index (κ1) is 13.3. The average molecular weight is 282 g/mol. The van der Waals surface area contributed by atoms with Crippen molar-refractivity contribution in [3.63, 3.8) is 0 Å². The van der Waals surface area contributed by atoms with Gasteiger partial charge in [-0.2, -0.15) is 0 Å². The van der Waals surface area contributed by atoms with Crippen molar-refractivity contribution in [1.29, 1.82) is 0 Å². The number of carbonyl (C=O) groups is 1. The van der Waals surface area contributed by atoms with E-state index in [1.54, 1.807) is 6.92 Å². The van der Waals surface area contributed by atoms with Gasteiger partial charge in [-0.3, -0.25) is 4.79 Å². The fourth-order valence-electron chi connectivity index (χ4n) is 1.17. The van der Waals surface area contributed by atoms with Crippen molar-refractivity contribution in [2.24, 2.45) is 0 Å². The molecule has 1 aromatic rings. The third kappa shape index (κ3) is 2.66. The Morgan fingerprint density at radius 3 is 2.38 bits per heavy atom. The molecule has 4 nitrogen and oxygen atoms in total. The molecule has 0 saturated carbocycles. The lowest BCUT2D eigenvalue weighted by Gasteiger charge is -2.08. The van der Waals surface area contributed by atoms with Gasteiger partial charge in [0.1, 0.15) is 0 Å². The first-order valence-electron chi connectivity index (χ1n) is 4.24. The van der Waals surface area contributed by atoms with E-state index in [1.165, 1.54) is 19.2 Å². The van der Waals surface area contributed by atoms with Crippen LogP contribution in [0.3, 0.4) is 0 Å². The maximum absolute atomic E-state index is 11.5. The zero-order valence-electron chi connectivity index (χ0n) is 8.54. The molecule has 16 heavy (non-hydrogen) atoms. The predicted octanol–water partition coefficient (Wildman–Crippen LogP) is 1.94. The van der Waals surface area contributed by atoms with Gasteiger partial charge in [0.25, 0.3) is 15.0 Å². The maximum Gasteiger partial charge on any atom is 0.261 e. The molecular weight excluding hydrogens is 273 g/mol. The van der Waals surface area contributed by atoms with Crippen molar-refractivity contribution in [3.05, 3.63) is 28.3 Å². The molecule has 0 aliphatic carbocycles. The summed E-state index contributed by atoms with van der Waals surface area (Å²) in [6, 6.07) is 2.41. The van der Waals surface area contributed by atoms with E-state index in [4.69, 9.17) is 22.3 Å². The van der Waals surface area contributed by atoms with Gasteiger partial charge in [-0.15, -0.1) is 0 Å². The Morgan fingerprint density at radius 1 is 1.38 bits per heavy atom. The lowest BCUT2D eigenvalue weighted by atomic mass is 10.1. The second-order valence-corrected chi connectivity index (χ2v) is 6.07. The normalized spacial score (nSPS) is 11.2. The fourth-order valence-corrected chi connectivity index (χ4v) is 2.23. The number of rotatable bonds is 2. The third-order valence-electron chi connectivity index (χ3n) is 2.07. The molecule has 0 fully saturated rings. The van der Waals surface area contributed by atoms with Crippen molar-refractivity contribution in [1.82, 2.24) is 5.32 Å². The van der Waals surface area contributed by atoms with E-state index < -0.39 is 15.0 Å². The van der Waals surface area contributed by atoms with Gasteiger partial charge < -0.3 is 5.32 Å². The van der Waals surface area contributed by atoms with Crippen LogP contribution in [0.2, 0.25) is 5.02 Å². The maximum atomic E-state index is 11.5. The zero-order valence-corrected chi connectivity index (χ0v) is 10.9. The summed E-state index contributed by atoms with van der Waals surface area (Å²) < 4.78 is 22.3. The van der Waals surface area contributed by atoms with Gasteiger partial charge in [0, 0.05) is 28.3 Å². The van der Waals surface area contributed by atoms with Crippen molar-refractivity contribution >= 4 is 37.2 Å². The first-order valence-corrected chi connectivity index (χ1v) is 6.93. The van der Waals surface area contributed by atoms with Crippen LogP contribution in [0, 0.1) is 6.92 Å². The summed E-state index contributed by atoms with van der Waals surface area (Å²) >= 11 is 5.82. The van der Waals surface area contributed by atoms with Crippen LogP contribution in [-0.2, 0) is 9.05 Å². The monoisotopic (exact) mass is 281 g/mol. The van der Waals surface area contributed by atoms with Crippen molar-refractivity contribution in [3.8, 4) is 0 Å². The quantitative estimate of drug-likeness (QED) is 0.843. The molecule has 0 aromatic heterocycles. The zero-order chi connectivity index (χ0) is 12.5. The fraction of sp³-hybridized carbons (Fsp3) is 0.222. The minimum Gasteiger partial charge on any atom is -0.355 e. The van der Waals surface area contributed by atoms with Gasteiger partial charge in [-0.05, 0) is 24.6 Å². The molecule has 0 bridgehead atoms. The number of halogens is 2. The highest BCUT2D eigenvalue weighted by Crippen LogP contribution is 2.26. The Balaban J connectivity index is 3.51. The smallest absolute Gasteiger partial charge is 0.261 e. The minimum atomic E-state index is -3.90. The van der Waals surface area contributed by atoms with E-state index in [0.717, 1.165) is 0 Å². The topological polar surface area (TPSA) is 63.2 Å². The van der Waals surface area contributed by atoms with Crippen LogP contribution in [0.1, 0.15) is 15.9 Å². The summed E-state index contributed by atoms with van der Waals surface area (Å²) in [5.41, 5.74) is 0.694. The molecule has 0 saturated heterocycles. The Hall–Kier alpha value is -0.780. The molecule has 7 heteroatoms. The van der Waals surface area contributed by atoms with Crippen molar-refractivity contribution in [2.75, 3.05) is 7.05 Å². The molecule has 0 heterocycles. The van der Waals surface area contributed by atoms with E-state index in [2.05, 4.69) is 5.32 Å². The van der Waals surface area contributed by atoms with E-state index in [9.17, 15) is 13.2 Å². The van der Waals surface area contributed by atoms with Gasteiger partial charge in [-0.1, -0.05) is 11.6 Å². The van der Waals surface area contributed by atoms with Gasteiger partial charge in [0.2, 0.25) is 0 Å². The summed E-state index contributed by atoms with van der Waals surface area (Å²) in [6.07, 6.45) is 0. The number of carbonyl (C=O) groups excluding carboxylic acids is 1. The minimum absolute atomic E-state index is 0.181. The molecule has 88 valence electrons. The molecule has 0 spiro atoms. The highest BCUT2D eigenvalue weighted by atomic mass is 35.7. The highest BCUT2D eigenvalue weighted by molar-refractivity contribution is 8.13. The Morgan fingerprint density at radius 2 is 1.94 bits per heavy atom. The average Bonchev–Trinajstić information content (AvgIpc) is 2.19. The molecular formula is C9H9Cl2NO3S. The molecule has 0 unspecified atom stereocenters. The second kappa shape index (κ2) is 4.61. The first-order chi connectivity index (χ1) is 7.27. The standard InChI is InChI=1S/C9H9Cl2NO3S/c1-5-7(9(13)12-2)3-6(4-8(5)10)16(11,14)15/h3-4H,1-2H3,(H,12,13). The lowest BCUT2D eigenvalue weighted by molar-refractivity contribution is 0.0962. The SMILES string of the molecule is CNC(=O)c1cc(S(=O)(=O)Cl)cc(Cl)c1C. The van der Waals surface area contributed by atoms with Gasteiger partial charge in [0.15, 0.2) is 0 Å². The van der Waals surface area contributed by atoms with E-state index in [0.29, 0.717) is 5.56 Å². The van der Waals surface area contributed by atoms with Crippen LogP contribution < -0.4 is 5.32 Å². The molecule has 0 aliphatic rings. The molecule has 1 aromatic carbocycles. The predicted molar refractivity (Wildman–Crippen MR) is 62.6 cm³/mol. The van der Waals surface area contributed by atoms with Crippen LogP contribution in [0.4, 0.5) is 0 Å². The number of benzene rings is 1. The molecule has 1 rings (SSSR count). The van der Waals surface area contributed by atoms with Crippen LogP contribution in [0.5, 0.6) is 0 Å². The summed E-state index contributed by atoms with van der Waals surface area (Å²) in [5, 5.41) is 2.57. The van der Waals surface area contributed by atoms with Gasteiger partial charge in [0.05, 0.1) is 4.90 Å².